The molecule has 0 saturated heterocycles. The third kappa shape index (κ3) is 3.87. The number of methoxy groups -OCH3 is 1. The molecule has 0 fully saturated rings. The van der Waals surface area contributed by atoms with Gasteiger partial charge in [0.25, 0.3) is 0 Å². The Bertz CT molecular complexity index is 1120. The number of ether oxygens (including phenoxy) is 3. The Morgan fingerprint density at radius 2 is 1.32 bits per heavy atom. The van der Waals surface area contributed by atoms with Crippen LogP contribution < -0.4 is 30.1 Å². The second-order valence-electron chi connectivity index (χ2n) is 8.08. The molecule has 6 heteroatoms. The summed E-state index contributed by atoms with van der Waals surface area (Å²) in [7, 11) is -1.63. The fourth-order valence-electron chi connectivity index (χ4n) is 4.33. The summed E-state index contributed by atoms with van der Waals surface area (Å²) in [5.41, 5.74) is 5.24. The van der Waals surface area contributed by atoms with Gasteiger partial charge in [-0.05, 0) is 58.0 Å². The molecule has 0 saturated carbocycles. The van der Waals surface area contributed by atoms with E-state index >= 15 is 4.57 Å². The Hall–Kier alpha value is -1.98. The zero-order valence-corrected chi connectivity index (χ0v) is 21.5. The number of benzene rings is 3. The maximum atomic E-state index is 15.3. The summed E-state index contributed by atoms with van der Waals surface area (Å²) in [6.45, 7) is 8.31. The van der Waals surface area contributed by atoms with Crippen LogP contribution in [-0.2, 0) is 8.99 Å². The van der Waals surface area contributed by atoms with Crippen molar-refractivity contribution in [3.8, 4) is 17.2 Å². The summed E-state index contributed by atoms with van der Waals surface area (Å²) in [6.07, 6.45) is 0. The van der Waals surface area contributed by atoms with Crippen molar-refractivity contribution in [3.05, 3.63) is 70.3 Å². The second-order valence-corrected chi connectivity index (χ2v) is 11.6. The number of rotatable bonds is 5. The Kier molecular flexibility index (Phi) is 6.10. The van der Waals surface area contributed by atoms with E-state index in [-0.39, 0.29) is 6.79 Å². The summed E-state index contributed by atoms with van der Waals surface area (Å²) >= 11 is 2.30. The van der Waals surface area contributed by atoms with Gasteiger partial charge >= 0.3 is 0 Å². The first-order valence-corrected chi connectivity index (χ1v) is 13.3. The largest absolute Gasteiger partial charge is 0.493 e. The average Bonchev–Trinajstić information content (AvgIpc) is 3.20. The number of hydrogen-bond donors (Lipinski definition) is 0. The fourth-order valence-corrected chi connectivity index (χ4v) is 8.65. The van der Waals surface area contributed by atoms with Gasteiger partial charge in [-0.2, -0.15) is 0 Å². The van der Waals surface area contributed by atoms with Crippen LogP contribution in [0, 0.1) is 27.7 Å². The van der Waals surface area contributed by atoms with Crippen molar-refractivity contribution >= 4 is 45.6 Å². The minimum absolute atomic E-state index is 0.135. The predicted molar refractivity (Wildman–Crippen MR) is 135 cm³/mol. The van der Waals surface area contributed by atoms with Crippen molar-refractivity contribution in [2.24, 2.45) is 0 Å². The molecule has 1 aliphatic rings. The molecule has 4 nitrogen and oxygen atoms in total. The molecule has 0 spiro atoms. The Labute approximate surface area is 197 Å². The topological polar surface area (TPSA) is 44.8 Å². The molecule has 1 aliphatic heterocycles. The Morgan fingerprint density at radius 1 is 0.839 bits per heavy atom. The third-order valence-corrected chi connectivity index (χ3v) is 9.33. The fraction of sp³-hybridized carbons (Fsp3) is 0.280. The van der Waals surface area contributed by atoms with Crippen molar-refractivity contribution in [3.63, 3.8) is 0 Å². The van der Waals surface area contributed by atoms with E-state index in [0.29, 0.717) is 21.7 Å². The van der Waals surface area contributed by atoms with Gasteiger partial charge in [0.1, 0.15) is 0 Å². The first-order chi connectivity index (χ1) is 14.8. The van der Waals surface area contributed by atoms with Gasteiger partial charge in [0.15, 0.2) is 18.6 Å². The van der Waals surface area contributed by atoms with Crippen LogP contribution in [0.4, 0.5) is 0 Å². The molecule has 0 aliphatic carbocycles. The third-order valence-electron chi connectivity index (χ3n) is 5.52. The van der Waals surface area contributed by atoms with Gasteiger partial charge in [-0.3, -0.25) is 0 Å². The highest BCUT2D eigenvalue weighted by atomic mass is 127. The van der Waals surface area contributed by atoms with E-state index in [4.69, 9.17) is 14.2 Å². The van der Waals surface area contributed by atoms with Gasteiger partial charge in [0.05, 0.1) is 7.11 Å². The molecule has 0 amide bonds. The molecular weight excluding hydrogens is 522 g/mol. The lowest BCUT2D eigenvalue weighted by atomic mass is 10.1. The first kappa shape index (κ1) is 22.2. The van der Waals surface area contributed by atoms with Crippen LogP contribution in [0.5, 0.6) is 17.2 Å². The SMILES string of the molecule is COc1cc(P(=O)(c2cc(C)cc(C)c2)c2cc(C)cc(C)c2)c(CI)c2c1OCO2. The molecule has 0 radical (unpaired) electrons. The molecule has 0 N–H and O–H groups in total. The highest BCUT2D eigenvalue weighted by molar-refractivity contribution is 14.1. The standard InChI is InChI=1S/C25H26IO4P/c1-15-6-16(2)9-19(8-15)31(27,20-10-17(3)7-18(4)11-20)23-12-22(28-5)25-24(21(23)13-26)29-14-30-25/h6-12H,13-14H2,1-5H3. The molecule has 3 aromatic carbocycles. The summed E-state index contributed by atoms with van der Waals surface area (Å²) in [5, 5.41) is 2.39. The minimum Gasteiger partial charge on any atom is -0.493 e. The van der Waals surface area contributed by atoms with E-state index < -0.39 is 7.14 Å². The summed E-state index contributed by atoms with van der Waals surface area (Å²) in [4.78, 5) is 0. The number of aryl methyl sites for hydroxylation is 4. The quantitative estimate of drug-likeness (QED) is 0.249. The van der Waals surface area contributed by atoms with Crippen molar-refractivity contribution in [1.29, 1.82) is 0 Å². The molecule has 0 bridgehead atoms. The summed E-state index contributed by atoms with van der Waals surface area (Å²) < 4.78 is 33.1. The van der Waals surface area contributed by atoms with E-state index in [2.05, 4.69) is 34.7 Å². The van der Waals surface area contributed by atoms with Gasteiger partial charge in [-0.25, -0.2) is 0 Å². The van der Waals surface area contributed by atoms with Crippen LogP contribution in [0.2, 0.25) is 0 Å². The molecule has 162 valence electrons. The summed E-state index contributed by atoms with van der Waals surface area (Å²) in [5.74, 6) is 1.77. The van der Waals surface area contributed by atoms with E-state index in [9.17, 15) is 0 Å². The molecule has 31 heavy (non-hydrogen) atoms. The van der Waals surface area contributed by atoms with Crippen LogP contribution in [0.15, 0.2) is 42.5 Å². The summed E-state index contributed by atoms with van der Waals surface area (Å²) in [6, 6.07) is 14.3. The number of hydrogen-bond acceptors (Lipinski definition) is 4. The lowest BCUT2D eigenvalue weighted by Crippen LogP contribution is -2.28. The Morgan fingerprint density at radius 3 is 1.77 bits per heavy atom. The molecule has 4 rings (SSSR count). The van der Waals surface area contributed by atoms with Crippen molar-refractivity contribution < 1.29 is 18.8 Å². The average molecular weight is 548 g/mol. The van der Waals surface area contributed by atoms with Gasteiger partial charge < -0.3 is 18.8 Å². The van der Waals surface area contributed by atoms with Crippen molar-refractivity contribution in [2.75, 3.05) is 13.9 Å². The van der Waals surface area contributed by atoms with Crippen LogP contribution in [0.1, 0.15) is 27.8 Å². The number of halogens is 1. The van der Waals surface area contributed by atoms with E-state index in [1.807, 2.05) is 58.0 Å². The zero-order valence-electron chi connectivity index (χ0n) is 18.4. The lowest BCUT2D eigenvalue weighted by molar-refractivity contribution is 0.170. The molecular formula is C25H26IO4P. The smallest absolute Gasteiger partial charge is 0.231 e. The van der Waals surface area contributed by atoms with Crippen molar-refractivity contribution in [1.82, 2.24) is 0 Å². The van der Waals surface area contributed by atoms with Crippen molar-refractivity contribution in [2.45, 2.75) is 32.1 Å². The molecule has 1 heterocycles. The first-order valence-electron chi connectivity index (χ1n) is 10.1. The lowest BCUT2D eigenvalue weighted by Gasteiger charge is -2.25. The molecule has 3 aromatic rings. The predicted octanol–water partition coefficient (Wildman–Crippen LogP) is 5.23. The Balaban J connectivity index is 2.13. The highest BCUT2D eigenvalue weighted by Gasteiger charge is 2.37. The van der Waals surface area contributed by atoms with Gasteiger partial charge in [0, 0.05) is 25.9 Å². The van der Waals surface area contributed by atoms with Crippen LogP contribution in [-0.4, -0.2) is 13.9 Å². The monoisotopic (exact) mass is 548 g/mol. The maximum Gasteiger partial charge on any atom is 0.231 e. The molecule has 0 aromatic heterocycles. The van der Waals surface area contributed by atoms with Crippen LogP contribution >= 0.6 is 29.7 Å². The molecule has 0 unspecified atom stereocenters. The normalized spacial score (nSPS) is 12.8. The van der Waals surface area contributed by atoms with Gasteiger partial charge in [0.2, 0.25) is 12.5 Å². The van der Waals surface area contributed by atoms with Crippen LogP contribution in [0.3, 0.4) is 0 Å². The minimum atomic E-state index is -3.23. The van der Waals surface area contributed by atoms with Gasteiger partial charge in [-0.1, -0.05) is 57.0 Å². The molecule has 0 atom stereocenters. The van der Waals surface area contributed by atoms with Crippen LogP contribution in [0.25, 0.3) is 0 Å². The van der Waals surface area contributed by atoms with Gasteiger partial charge in [-0.15, -0.1) is 0 Å². The number of fused-ring (bicyclic) bond motifs is 1. The second kappa shape index (κ2) is 8.51. The zero-order chi connectivity index (χ0) is 22.3. The number of alkyl halides is 1. The maximum absolute atomic E-state index is 15.3. The highest BCUT2D eigenvalue weighted by Crippen LogP contribution is 2.51. The van der Waals surface area contributed by atoms with E-state index in [1.54, 1.807) is 7.11 Å². The van der Waals surface area contributed by atoms with E-state index in [1.165, 1.54) is 0 Å². The van der Waals surface area contributed by atoms with E-state index in [0.717, 1.165) is 43.7 Å².